The van der Waals surface area contributed by atoms with Crippen LogP contribution in [0.25, 0.3) is 10.2 Å². The van der Waals surface area contributed by atoms with Crippen LogP contribution in [-0.4, -0.2) is 37.3 Å². The number of hydrogen-bond acceptors (Lipinski definition) is 6. The number of rotatable bonds is 3. The van der Waals surface area contributed by atoms with E-state index in [1.54, 1.807) is 11.3 Å². The van der Waals surface area contributed by atoms with E-state index >= 15 is 0 Å². The van der Waals surface area contributed by atoms with E-state index in [2.05, 4.69) is 18.8 Å². The Bertz CT molecular complexity index is 1190. The monoisotopic (exact) mass is 422 g/mol. The first-order valence-corrected chi connectivity index (χ1v) is 11.2. The molecule has 7 heteroatoms. The maximum absolute atomic E-state index is 14.1. The number of carbonyl (C=O) groups excluding carboxylic acids is 1. The molecule has 1 unspecified atom stereocenters. The van der Waals surface area contributed by atoms with Gasteiger partial charge in [0.2, 0.25) is 5.91 Å². The molecule has 3 aromatic rings. The van der Waals surface area contributed by atoms with Gasteiger partial charge in [0.05, 0.1) is 15.7 Å². The third-order valence-electron chi connectivity index (χ3n) is 6.28. The predicted molar refractivity (Wildman–Crippen MR) is 115 cm³/mol. The summed E-state index contributed by atoms with van der Waals surface area (Å²) in [6, 6.07) is 7.87. The van der Waals surface area contributed by atoms with E-state index in [1.807, 2.05) is 34.7 Å². The van der Waals surface area contributed by atoms with Gasteiger partial charge in [0, 0.05) is 29.4 Å². The molecular weight excluding hydrogens is 400 g/mol. The van der Waals surface area contributed by atoms with Crippen LogP contribution in [0.5, 0.6) is 17.2 Å². The lowest BCUT2D eigenvalue weighted by Crippen LogP contribution is -2.43. The number of carbonyl (C=O) groups is 1. The van der Waals surface area contributed by atoms with Crippen LogP contribution >= 0.6 is 11.3 Å². The van der Waals surface area contributed by atoms with Gasteiger partial charge in [-0.05, 0) is 30.5 Å². The van der Waals surface area contributed by atoms with Crippen molar-refractivity contribution in [3.63, 3.8) is 0 Å². The van der Waals surface area contributed by atoms with Gasteiger partial charge in [0.1, 0.15) is 31.0 Å². The van der Waals surface area contributed by atoms with Crippen molar-refractivity contribution in [2.24, 2.45) is 5.92 Å². The van der Waals surface area contributed by atoms with Crippen molar-refractivity contribution in [1.29, 1.82) is 0 Å². The van der Waals surface area contributed by atoms with Crippen LogP contribution in [0.4, 0.5) is 5.69 Å². The molecule has 30 heavy (non-hydrogen) atoms. The molecule has 1 aromatic heterocycles. The summed E-state index contributed by atoms with van der Waals surface area (Å²) in [6.07, 6.45) is 0.941. The quantitative estimate of drug-likeness (QED) is 0.635. The van der Waals surface area contributed by atoms with Crippen LogP contribution < -0.4 is 19.1 Å². The summed E-state index contributed by atoms with van der Waals surface area (Å²) >= 11 is 1.58. The Morgan fingerprint density at radius 2 is 1.93 bits per heavy atom. The minimum Gasteiger partial charge on any atom is -0.491 e. The van der Waals surface area contributed by atoms with Crippen molar-refractivity contribution < 1.29 is 19.0 Å². The van der Waals surface area contributed by atoms with E-state index < -0.39 is 5.41 Å². The van der Waals surface area contributed by atoms with Crippen molar-refractivity contribution >= 4 is 33.1 Å². The fourth-order valence-electron chi connectivity index (χ4n) is 4.78. The van der Waals surface area contributed by atoms with E-state index in [0.717, 1.165) is 33.5 Å². The van der Waals surface area contributed by atoms with Crippen LogP contribution in [0.1, 0.15) is 31.4 Å². The van der Waals surface area contributed by atoms with Crippen LogP contribution in [-0.2, 0) is 10.2 Å². The van der Waals surface area contributed by atoms with E-state index in [4.69, 9.17) is 14.2 Å². The highest BCUT2D eigenvalue weighted by Crippen LogP contribution is 2.57. The highest BCUT2D eigenvalue weighted by Gasteiger charge is 2.58. The Morgan fingerprint density at radius 3 is 2.73 bits per heavy atom. The number of hydrogen-bond donors (Lipinski definition) is 0. The van der Waals surface area contributed by atoms with Crippen molar-refractivity contribution in [1.82, 2.24) is 4.98 Å². The Morgan fingerprint density at radius 1 is 1.13 bits per heavy atom. The Labute approximate surface area is 178 Å². The number of fused-ring (bicyclic) bond motifs is 7. The number of aromatic nitrogens is 1. The normalized spacial score (nSPS) is 21.4. The summed E-state index contributed by atoms with van der Waals surface area (Å²) in [6.45, 7) is 6.36. The third-order valence-corrected chi connectivity index (χ3v) is 7.14. The van der Waals surface area contributed by atoms with Gasteiger partial charge in [-0.25, -0.2) is 4.98 Å². The molecule has 0 fully saturated rings. The number of nitrogens with zero attached hydrogens (tertiary/aromatic N) is 2. The molecule has 2 aromatic carbocycles. The molecular formula is C23H22N2O4S. The summed E-state index contributed by atoms with van der Waals surface area (Å²) in [7, 11) is 0. The van der Waals surface area contributed by atoms with Gasteiger partial charge in [-0.2, -0.15) is 0 Å². The lowest BCUT2D eigenvalue weighted by Gasteiger charge is -2.25. The molecule has 3 aliphatic heterocycles. The fourth-order valence-corrected chi connectivity index (χ4v) is 5.69. The average molecular weight is 423 g/mol. The number of thiazole rings is 1. The first-order valence-electron chi connectivity index (χ1n) is 10.3. The summed E-state index contributed by atoms with van der Waals surface area (Å²) in [5.74, 6) is 2.64. The molecule has 6 nitrogen and oxygen atoms in total. The molecule has 0 bridgehead atoms. The third kappa shape index (κ3) is 2.29. The zero-order chi connectivity index (χ0) is 20.5. The predicted octanol–water partition coefficient (Wildman–Crippen LogP) is 4.14. The number of benzene rings is 2. The number of amides is 1. The second-order valence-electron chi connectivity index (χ2n) is 8.49. The summed E-state index contributed by atoms with van der Waals surface area (Å²) in [5.41, 5.74) is 4.76. The first kappa shape index (κ1) is 18.0. The van der Waals surface area contributed by atoms with E-state index in [0.29, 0.717) is 42.9 Å². The Balaban J connectivity index is 1.59. The first-order chi connectivity index (χ1) is 14.6. The lowest BCUT2D eigenvalue weighted by molar-refractivity contribution is -0.122. The Kier molecular flexibility index (Phi) is 3.81. The molecule has 1 amide bonds. The van der Waals surface area contributed by atoms with E-state index in [9.17, 15) is 4.79 Å². The highest BCUT2D eigenvalue weighted by molar-refractivity contribution is 7.17. The molecule has 1 spiro atoms. The number of anilines is 1. The minimum absolute atomic E-state index is 0.0782. The van der Waals surface area contributed by atoms with Crippen LogP contribution in [0.2, 0.25) is 0 Å². The van der Waals surface area contributed by atoms with Crippen LogP contribution in [0, 0.1) is 5.92 Å². The van der Waals surface area contributed by atoms with Crippen molar-refractivity contribution in [2.75, 3.05) is 31.3 Å². The van der Waals surface area contributed by atoms with Crippen molar-refractivity contribution in [2.45, 2.75) is 25.7 Å². The second kappa shape index (κ2) is 6.35. The van der Waals surface area contributed by atoms with Gasteiger partial charge in [-0.15, -0.1) is 11.3 Å². The SMILES string of the molecule is CC(C)CCN1C(=O)C2(COc3cc4c(cc32)OCCO4)c2c1ccc1ncsc21. The zero-order valence-corrected chi connectivity index (χ0v) is 17.8. The Hall–Kier alpha value is -2.80. The molecule has 0 aliphatic carbocycles. The van der Waals surface area contributed by atoms with Gasteiger partial charge in [-0.3, -0.25) is 4.79 Å². The summed E-state index contributed by atoms with van der Waals surface area (Å²) in [4.78, 5) is 20.5. The molecule has 6 rings (SSSR count). The van der Waals surface area contributed by atoms with E-state index in [1.165, 1.54) is 0 Å². The molecule has 154 valence electrons. The molecule has 0 N–H and O–H groups in total. The lowest BCUT2D eigenvalue weighted by atomic mass is 9.77. The van der Waals surface area contributed by atoms with Gasteiger partial charge in [0.15, 0.2) is 11.5 Å². The molecule has 0 saturated carbocycles. The second-order valence-corrected chi connectivity index (χ2v) is 9.34. The van der Waals surface area contributed by atoms with Gasteiger partial charge < -0.3 is 19.1 Å². The topological polar surface area (TPSA) is 60.9 Å². The minimum atomic E-state index is -0.872. The smallest absolute Gasteiger partial charge is 0.245 e. The highest BCUT2D eigenvalue weighted by atomic mass is 32.1. The van der Waals surface area contributed by atoms with Crippen molar-refractivity contribution in [3.8, 4) is 17.2 Å². The van der Waals surface area contributed by atoms with Crippen LogP contribution in [0.3, 0.4) is 0 Å². The molecule has 1 atom stereocenters. The van der Waals surface area contributed by atoms with Crippen LogP contribution in [0.15, 0.2) is 29.8 Å². The maximum Gasteiger partial charge on any atom is 0.245 e. The number of ether oxygens (including phenoxy) is 3. The molecule has 0 saturated heterocycles. The fraction of sp³-hybridized carbons (Fsp3) is 0.391. The standard InChI is InChI=1S/C23H22N2O4S/c1-13(2)5-6-25-16-4-3-15-21(30-12-24-15)20(16)23(22(25)26)11-29-17-10-19-18(9-14(17)23)27-7-8-28-19/h3-4,9-10,12-13H,5-8,11H2,1-2H3. The average Bonchev–Trinajstić information content (AvgIpc) is 3.42. The molecule has 0 radical (unpaired) electrons. The summed E-state index contributed by atoms with van der Waals surface area (Å²) < 4.78 is 18.8. The maximum atomic E-state index is 14.1. The van der Waals surface area contributed by atoms with Gasteiger partial charge >= 0.3 is 0 Å². The van der Waals surface area contributed by atoms with E-state index in [-0.39, 0.29) is 12.5 Å². The summed E-state index contributed by atoms with van der Waals surface area (Å²) in [5, 5.41) is 0. The van der Waals surface area contributed by atoms with Gasteiger partial charge in [0.25, 0.3) is 0 Å². The van der Waals surface area contributed by atoms with Gasteiger partial charge in [-0.1, -0.05) is 13.8 Å². The largest absolute Gasteiger partial charge is 0.491 e. The van der Waals surface area contributed by atoms with Crippen molar-refractivity contribution in [3.05, 3.63) is 40.9 Å². The molecule has 3 aliphatic rings. The molecule has 4 heterocycles. The zero-order valence-electron chi connectivity index (χ0n) is 16.9.